The number of nitrogens with zero attached hydrogens (tertiary/aromatic N) is 6. The minimum atomic E-state index is 0.800. The Bertz CT molecular complexity index is 6810. The standard InChI is InChI=1S/C116H78N6/c1-7-21-79(22-8-1)83-35-43-87(44-36-83)93-55-71-111-105(75-93)106-76-94(88-45-37-84(38-46-88)80-23-9-2-10-24-80)56-72-112(106)121(111)103-67-63-101(64-68-103)119(97-29-15-5-16-30-97)99-59-51-91(52-60-99)115-116(118-110-34-20-19-33-109(110)117-115)92-53-61-100(62-54-92)120(98-31-17-6-18-32-98)102-65-69-104(70-66-102)122-113-73-57-95(89-47-39-85(40-48-89)81-25-11-3-12-26-81)77-107(113)108-78-96(58-74-114(108)122)90-49-41-86(42-50-90)82-27-13-4-14-28-82/h1-78H. The highest BCUT2D eigenvalue weighted by Crippen LogP contribution is 2.45. The van der Waals surface area contributed by atoms with Crippen LogP contribution in [0.1, 0.15) is 0 Å². The van der Waals surface area contributed by atoms with Crippen molar-refractivity contribution < 1.29 is 0 Å². The molecule has 0 atom stereocenters. The average molecular weight is 1560 g/mol. The van der Waals surface area contributed by atoms with Crippen LogP contribution in [0, 0.1) is 0 Å². The molecule has 0 fully saturated rings. The largest absolute Gasteiger partial charge is 0.311 e. The highest BCUT2D eigenvalue weighted by molar-refractivity contribution is 6.13. The van der Waals surface area contributed by atoms with Gasteiger partial charge in [0.05, 0.1) is 44.5 Å². The molecule has 3 aromatic heterocycles. The molecule has 122 heavy (non-hydrogen) atoms. The molecule has 0 aliphatic rings. The van der Waals surface area contributed by atoms with E-state index in [-0.39, 0.29) is 0 Å². The summed E-state index contributed by atoms with van der Waals surface area (Å²) in [6.07, 6.45) is 0. The summed E-state index contributed by atoms with van der Waals surface area (Å²) in [5, 5.41) is 4.77. The number of rotatable bonds is 18. The SMILES string of the molecule is c1ccc(-c2ccc(-c3ccc4c(c3)c3cc(-c5ccc(-c6ccccc6)cc5)ccc3n4-c3ccc(N(c4ccccc4)c4ccc(-c5nc6ccccc6nc5-c5ccc(N(c6ccccc6)c6ccc(-n7c8ccc(-c9ccc(-c%10ccccc%10)cc9)cc8c8cc(-c9ccc(-c%10ccccc%10)cc9)ccc87)cc6)cc5)cc4)cc3)cc2)cc1. The van der Waals surface area contributed by atoms with Gasteiger partial charge in [0.15, 0.2) is 0 Å². The van der Waals surface area contributed by atoms with Crippen molar-refractivity contribution in [1.29, 1.82) is 0 Å². The van der Waals surface area contributed by atoms with E-state index >= 15 is 0 Å². The van der Waals surface area contributed by atoms with Crippen molar-refractivity contribution in [3.63, 3.8) is 0 Å². The summed E-state index contributed by atoms with van der Waals surface area (Å²) in [4.78, 5) is 15.6. The first kappa shape index (κ1) is 72.2. The molecule has 6 nitrogen and oxygen atoms in total. The summed E-state index contributed by atoms with van der Waals surface area (Å²) < 4.78 is 4.84. The Labute approximate surface area is 709 Å². The van der Waals surface area contributed by atoms with Gasteiger partial charge in [0, 0.05) is 78.2 Å². The van der Waals surface area contributed by atoms with E-state index in [1.54, 1.807) is 0 Å². The average Bonchev–Trinajstić information content (AvgIpc) is 1.60. The molecule has 0 amide bonds. The minimum absolute atomic E-state index is 0.800. The third-order valence-electron chi connectivity index (χ3n) is 24.0. The van der Waals surface area contributed by atoms with E-state index in [0.717, 1.165) is 101 Å². The van der Waals surface area contributed by atoms with Gasteiger partial charge in [0.2, 0.25) is 0 Å². The molecule has 0 aliphatic carbocycles. The molecule has 0 radical (unpaired) electrons. The summed E-state index contributed by atoms with van der Waals surface area (Å²) in [5.74, 6) is 0. The lowest BCUT2D eigenvalue weighted by Crippen LogP contribution is -2.10. The Balaban J connectivity index is 0.580. The fraction of sp³-hybridized carbons (Fsp3) is 0. The fourth-order valence-electron chi connectivity index (χ4n) is 17.8. The van der Waals surface area contributed by atoms with Crippen LogP contribution in [0.5, 0.6) is 0 Å². The van der Waals surface area contributed by atoms with Crippen molar-refractivity contribution >= 4 is 88.8 Å². The van der Waals surface area contributed by atoms with Crippen LogP contribution in [0.4, 0.5) is 34.1 Å². The Kier molecular flexibility index (Phi) is 18.5. The molecule has 572 valence electrons. The van der Waals surface area contributed by atoms with Crippen molar-refractivity contribution in [3.05, 3.63) is 473 Å². The molecule has 0 spiro atoms. The molecule has 0 N–H and O–H groups in total. The molecule has 0 bridgehead atoms. The van der Waals surface area contributed by atoms with Crippen molar-refractivity contribution in [2.24, 2.45) is 0 Å². The molecule has 6 heteroatoms. The molecular weight excluding hydrogens is 1480 g/mol. The van der Waals surface area contributed by atoms with Crippen LogP contribution >= 0.6 is 0 Å². The van der Waals surface area contributed by atoms with Gasteiger partial charge in [-0.05, 0) is 247 Å². The van der Waals surface area contributed by atoms with Gasteiger partial charge in [-0.1, -0.05) is 315 Å². The van der Waals surface area contributed by atoms with Crippen LogP contribution in [0.2, 0.25) is 0 Å². The third kappa shape index (κ3) is 13.7. The molecule has 19 aromatic carbocycles. The second kappa shape index (κ2) is 31.3. The second-order valence-electron chi connectivity index (χ2n) is 31.3. The van der Waals surface area contributed by atoms with E-state index in [2.05, 4.69) is 480 Å². The maximum atomic E-state index is 5.45. The first-order valence-corrected chi connectivity index (χ1v) is 41.6. The van der Waals surface area contributed by atoms with E-state index in [4.69, 9.17) is 9.97 Å². The molecule has 22 aromatic rings. The van der Waals surface area contributed by atoms with E-state index in [0.29, 0.717) is 0 Å². The predicted octanol–water partition coefficient (Wildman–Crippen LogP) is 31.4. The summed E-state index contributed by atoms with van der Waals surface area (Å²) in [7, 11) is 0. The summed E-state index contributed by atoms with van der Waals surface area (Å²) >= 11 is 0. The van der Waals surface area contributed by atoms with E-state index in [9.17, 15) is 0 Å². The Hall–Kier alpha value is -16.3. The third-order valence-corrected chi connectivity index (χ3v) is 24.0. The lowest BCUT2D eigenvalue weighted by Gasteiger charge is -2.26. The molecule has 0 aliphatic heterocycles. The topological polar surface area (TPSA) is 42.1 Å². The molecule has 0 unspecified atom stereocenters. The zero-order valence-corrected chi connectivity index (χ0v) is 66.7. The van der Waals surface area contributed by atoms with E-state index < -0.39 is 0 Å². The van der Waals surface area contributed by atoms with Crippen molar-refractivity contribution in [3.8, 4) is 123 Å². The Morgan fingerprint density at radius 2 is 0.328 bits per heavy atom. The van der Waals surface area contributed by atoms with Crippen LogP contribution < -0.4 is 9.80 Å². The number of aromatic nitrogens is 4. The maximum absolute atomic E-state index is 5.45. The van der Waals surface area contributed by atoms with Crippen molar-refractivity contribution in [2.75, 3.05) is 9.80 Å². The number of fused-ring (bicyclic) bond motifs is 7. The zero-order chi connectivity index (χ0) is 80.8. The quantitative estimate of drug-likeness (QED) is 0.0859. The number of hydrogen-bond acceptors (Lipinski definition) is 4. The second-order valence-corrected chi connectivity index (χ2v) is 31.3. The summed E-state index contributed by atoms with van der Waals surface area (Å²) in [5.41, 5.74) is 37.0. The monoisotopic (exact) mass is 1550 g/mol. The van der Waals surface area contributed by atoms with Gasteiger partial charge >= 0.3 is 0 Å². The number of benzene rings is 19. The highest BCUT2D eigenvalue weighted by atomic mass is 15.1. The molecule has 0 saturated heterocycles. The van der Waals surface area contributed by atoms with Crippen molar-refractivity contribution in [2.45, 2.75) is 0 Å². The molecule has 3 heterocycles. The normalized spacial score (nSPS) is 11.4. The summed E-state index contributed by atoms with van der Waals surface area (Å²) in [6, 6.07) is 171. The first-order valence-electron chi connectivity index (χ1n) is 41.6. The van der Waals surface area contributed by atoms with Crippen LogP contribution in [0.3, 0.4) is 0 Å². The lowest BCUT2D eigenvalue weighted by atomic mass is 9.97. The van der Waals surface area contributed by atoms with Gasteiger partial charge < -0.3 is 18.9 Å². The van der Waals surface area contributed by atoms with Crippen LogP contribution in [-0.2, 0) is 0 Å². The van der Waals surface area contributed by atoms with Gasteiger partial charge in [-0.15, -0.1) is 0 Å². The van der Waals surface area contributed by atoms with Crippen LogP contribution in [0.25, 0.3) is 178 Å². The number of hydrogen-bond donors (Lipinski definition) is 0. The lowest BCUT2D eigenvalue weighted by molar-refractivity contribution is 1.17. The highest BCUT2D eigenvalue weighted by Gasteiger charge is 2.23. The van der Waals surface area contributed by atoms with Gasteiger partial charge in [-0.25, -0.2) is 9.97 Å². The Morgan fingerprint density at radius 1 is 0.148 bits per heavy atom. The van der Waals surface area contributed by atoms with Gasteiger partial charge in [0.25, 0.3) is 0 Å². The number of para-hydroxylation sites is 4. The maximum Gasteiger partial charge on any atom is 0.0973 e. The van der Waals surface area contributed by atoms with Crippen molar-refractivity contribution in [1.82, 2.24) is 19.1 Å². The van der Waals surface area contributed by atoms with Gasteiger partial charge in [-0.2, -0.15) is 0 Å². The van der Waals surface area contributed by atoms with Crippen LogP contribution in [0.15, 0.2) is 473 Å². The van der Waals surface area contributed by atoms with Crippen LogP contribution in [-0.4, -0.2) is 19.1 Å². The van der Waals surface area contributed by atoms with Gasteiger partial charge in [0.1, 0.15) is 0 Å². The molecule has 22 rings (SSSR count). The van der Waals surface area contributed by atoms with Gasteiger partial charge in [-0.3, -0.25) is 0 Å². The first-order chi connectivity index (χ1) is 60.4. The fourth-order valence-corrected chi connectivity index (χ4v) is 17.8. The zero-order valence-electron chi connectivity index (χ0n) is 66.7. The smallest absolute Gasteiger partial charge is 0.0973 e. The number of anilines is 6. The predicted molar refractivity (Wildman–Crippen MR) is 512 cm³/mol. The molecular formula is C116H78N6. The van der Waals surface area contributed by atoms with E-state index in [1.807, 2.05) is 12.1 Å². The Morgan fingerprint density at radius 3 is 0.574 bits per heavy atom. The molecule has 0 saturated carbocycles. The minimum Gasteiger partial charge on any atom is -0.311 e. The van der Waals surface area contributed by atoms with E-state index in [1.165, 1.54) is 111 Å². The summed E-state index contributed by atoms with van der Waals surface area (Å²) in [6.45, 7) is 0.